The molecular weight excluding hydrogens is 178 g/mol. The summed E-state index contributed by atoms with van der Waals surface area (Å²) >= 11 is 0. The second-order valence-corrected chi connectivity index (χ2v) is 3.81. The summed E-state index contributed by atoms with van der Waals surface area (Å²) in [6.07, 6.45) is 4.89. The first-order chi connectivity index (χ1) is 6.83. The summed E-state index contributed by atoms with van der Waals surface area (Å²) in [6, 6.07) is 2.04. The standard InChI is InChI=1S/C11H17NO2/c1-14-8-7-12-6-5-9-10(12)3-2-4-11(9)13/h5-6,11,13H,2-4,7-8H2,1H3. The Bertz CT molecular complexity index is 306. The second-order valence-electron chi connectivity index (χ2n) is 3.81. The molecule has 0 amide bonds. The Morgan fingerprint density at radius 1 is 1.64 bits per heavy atom. The zero-order valence-electron chi connectivity index (χ0n) is 8.57. The van der Waals surface area contributed by atoms with Gasteiger partial charge in [0, 0.05) is 31.1 Å². The highest BCUT2D eigenvalue weighted by molar-refractivity contribution is 5.27. The molecule has 0 aromatic carbocycles. The molecule has 0 spiro atoms. The van der Waals surface area contributed by atoms with Crippen LogP contribution in [0.2, 0.25) is 0 Å². The molecule has 78 valence electrons. The van der Waals surface area contributed by atoms with E-state index in [0.29, 0.717) is 0 Å². The first kappa shape index (κ1) is 9.74. The molecule has 0 saturated carbocycles. The Morgan fingerprint density at radius 2 is 2.50 bits per heavy atom. The minimum absolute atomic E-state index is 0.248. The number of aliphatic hydroxyl groups excluding tert-OH is 1. The summed E-state index contributed by atoms with van der Waals surface area (Å²) in [6.45, 7) is 1.62. The highest BCUT2D eigenvalue weighted by Gasteiger charge is 2.20. The van der Waals surface area contributed by atoms with Crippen molar-refractivity contribution >= 4 is 0 Å². The van der Waals surface area contributed by atoms with Crippen LogP contribution in [-0.2, 0) is 17.7 Å². The Kier molecular flexibility index (Phi) is 2.89. The maximum atomic E-state index is 9.76. The number of aromatic nitrogens is 1. The maximum Gasteiger partial charge on any atom is 0.0807 e. The van der Waals surface area contributed by atoms with Gasteiger partial charge in [0.1, 0.15) is 0 Å². The third-order valence-electron chi connectivity index (χ3n) is 2.90. The lowest BCUT2D eigenvalue weighted by Gasteiger charge is -2.20. The fourth-order valence-corrected chi connectivity index (χ4v) is 2.13. The van der Waals surface area contributed by atoms with E-state index >= 15 is 0 Å². The fourth-order valence-electron chi connectivity index (χ4n) is 2.13. The fraction of sp³-hybridized carbons (Fsp3) is 0.636. The van der Waals surface area contributed by atoms with Crippen LogP contribution in [0.3, 0.4) is 0 Å². The number of rotatable bonds is 3. The van der Waals surface area contributed by atoms with E-state index in [9.17, 15) is 5.11 Å². The molecule has 1 N–H and O–H groups in total. The van der Waals surface area contributed by atoms with Crippen molar-refractivity contribution in [3.8, 4) is 0 Å². The summed E-state index contributed by atoms with van der Waals surface area (Å²) in [5.74, 6) is 0. The SMILES string of the molecule is COCCn1ccc2c1CCCC2O. The summed E-state index contributed by atoms with van der Waals surface area (Å²) in [4.78, 5) is 0. The molecule has 14 heavy (non-hydrogen) atoms. The van der Waals surface area contributed by atoms with E-state index in [2.05, 4.69) is 10.8 Å². The number of hydrogen-bond donors (Lipinski definition) is 1. The van der Waals surface area contributed by atoms with E-state index in [1.165, 1.54) is 5.69 Å². The lowest BCUT2D eigenvalue weighted by Crippen LogP contribution is -2.13. The van der Waals surface area contributed by atoms with Crippen LogP contribution in [0.25, 0.3) is 0 Å². The monoisotopic (exact) mass is 195 g/mol. The van der Waals surface area contributed by atoms with Crippen LogP contribution in [0.15, 0.2) is 12.3 Å². The average molecular weight is 195 g/mol. The van der Waals surface area contributed by atoms with E-state index in [1.54, 1.807) is 7.11 Å². The van der Waals surface area contributed by atoms with Crippen LogP contribution < -0.4 is 0 Å². The van der Waals surface area contributed by atoms with Gasteiger partial charge in [0.05, 0.1) is 12.7 Å². The third kappa shape index (κ3) is 1.70. The number of ether oxygens (including phenoxy) is 1. The molecule has 0 aliphatic heterocycles. The van der Waals surface area contributed by atoms with Crippen molar-refractivity contribution in [3.05, 3.63) is 23.5 Å². The molecule has 1 aliphatic carbocycles. The van der Waals surface area contributed by atoms with E-state index < -0.39 is 0 Å². The Balaban J connectivity index is 2.18. The zero-order chi connectivity index (χ0) is 9.97. The molecular formula is C11H17NO2. The van der Waals surface area contributed by atoms with Crippen molar-refractivity contribution in [3.63, 3.8) is 0 Å². The van der Waals surface area contributed by atoms with Crippen LogP contribution in [0.4, 0.5) is 0 Å². The predicted molar refractivity (Wildman–Crippen MR) is 54.2 cm³/mol. The van der Waals surface area contributed by atoms with Crippen molar-refractivity contribution in [1.82, 2.24) is 4.57 Å². The first-order valence-electron chi connectivity index (χ1n) is 5.18. The molecule has 0 bridgehead atoms. The van der Waals surface area contributed by atoms with Gasteiger partial charge < -0.3 is 14.4 Å². The molecule has 1 heterocycles. The van der Waals surface area contributed by atoms with Crippen LogP contribution in [0, 0.1) is 0 Å². The van der Waals surface area contributed by atoms with E-state index in [-0.39, 0.29) is 6.10 Å². The number of methoxy groups -OCH3 is 1. The summed E-state index contributed by atoms with van der Waals surface area (Å²) in [7, 11) is 1.71. The summed E-state index contributed by atoms with van der Waals surface area (Å²) in [5, 5.41) is 9.76. The maximum absolute atomic E-state index is 9.76. The topological polar surface area (TPSA) is 34.4 Å². The van der Waals surface area contributed by atoms with Gasteiger partial charge in [-0.15, -0.1) is 0 Å². The van der Waals surface area contributed by atoms with Crippen molar-refractivity contribution in [2.75, 3.05) is 13.7 Å². The van der Waals surface area contributed by atoms with Gasteiger partial charge >= 0.3 is 0 Å². The van der Waals surface area contributed by atoms with Crippen LogP contribution >= 0.6 is 0 Å². The van der Waals surface area contributed by atoms with Crippen LogP contribution in [0.5, 0.6) is 0 Å². The molecule has 2 rings (SSSR count). The first-order valence-corrected chi connectivity index (χ1v) is 5.18. The third-order valence-corrected chi connectivity index (χ3v) is 2.90. The van der Waals surface area contributed by atoms with Gasteiger partial charge in [-0.3, -0.25) is 0 Å². The Hall–Kier alpha value is -0.800. The molecule has 1 aromatic heterocycles. The molecule has 0 saturated heterocycles. The highest BCUT2D eigenvalue weighted by Crippen LogP contribution is 2.30. The Labute approximate surface area is 84.3 Å². The minimum Gasteiger partial charge on any atom is -0.388 e. The largest absolute Gasteiger partial charge is 0.388 e. The second kappa shape index (κ2) is 4.15. The molecule has 3 heteroatoms. The molecule has 1 aliphatic rings. The van der Waals surface area contributed by atoms with Gasteiger partial charge in [-0.25, -0.2) is 0 Å². The Morgan fingerprint density at radius 3 is 3.29 bits per heavy atom. The lowest BCUT2D eigenvalue weighted by atomic mass is 9.95. The van der Waals surface area contributed by atoms with Gasteiger partial charge in [-0.05, 0) is 25.3 Å². The van der Waals surface area contributed by atoms with Crippen molar-refractivity contribution in [2.45, 2.75) is 31.9 Å². The minimum atomic E-state index is -0.248. The van der Waals surface area contributed by atoms with E-state index in [0.717, 1.165) is 38.0 Å². The van der Waals surface area contributed by atoms with Crippen LogP contribution in [0.1, 0.15) is 30.2 Å². The number of fused-ring (bicyclic) bond motifs is 1. The van der Waals surface area contributed by atoms with Gasteiger partial charge in [-0.2, -0.15) is 0 Å². The lowest BCUT2D eigenvalue weighted by molar-refractivity contribution is 0.154. The quantitative estimate of drug-likeness (QED) is 0.793. The zero-order valence-corrected chi connectivity index (χ0v) is 8.57. The smallest absolute Gasteiger partial charge is 0.0807 e. The van der Waals surface area contributed by atoms with Gasteiger partial charge in [0.15, 0.2) is 0 Å². The summed E-state index contributed by atoms with van der Waals surface area (Å²) < 4.78 is 7.25. The van der Waals surface area contributed by atoms with Crippen molar-refractivity contribution in [2.24, 2.45) is 0 Å². The van der Waals surface area contributed by atoms with Gasteiger partial charge in [0.2, 0.25) is 0 Å². The van der Waals surface area contributed by atoms with Crippen molar-refractivity contribution < 1.29 is 9.84 Å². The van der Waals surface area contributed by atoms with Gasteiger partial charge in [-0.1, -0.05) is 0 Å². The molecule has 0 fully saturated rings. The van der Waals surface area contributed by atoms with E-state index in [4.69, 9.17) is 4.74 Å². The predicted octanol–water partition coefficient (Wildman–Crippen LogP) is 1.50. The number of hydrogen-bond acceptors (Lipinski definition) is 2. The summed E-state index contributed by atoms with van der Waals surface area (Å²) in [5.41, 5.74) is 2.41. The number of aliphatic hydroxyl groups is 1. The average Bonchev–Trinajstić information content (AvgIpc) is 2.60. The number of nitrogens with zero attached hydrogens (tertiary/aromatic N) is 1. The molecule has 3 nitrogen and oxygen atoms in total. The molecule has 0 radical (unpaired) electrons. The van der Waals surface area contributed by atoms with Gasteiger partial charge in [0.25, 0.3) is 0 Å². The van der Waals surface area contributed by atoms with Crippen molar-refractivity contribution in [1.29, 1.82) is 0 Å². The normalized spacial score (nSPS) is 20.9. The molecule has 1 unspecified atom stereocenters. The van der Waals surface area contributed by atoms with E-state index in [1.807, 2.05) is 6.07 Å². The van der Waals surface area contributed by atoms with Crippen LogP contribution in [-0.4, -0.2) is 23.4 Å². The molecule has 1 atom stereocenters. The highest BCUT2D eigenvalue weighted by atomic mass is 16.5. The molecule has 1 aromatic rings.